The van der Waals surface area contributed by atoms with Crippen molar-refractivity contribution in [3.8, 4) is 0 Å². The predicted octanol–water partition coefficient (Wildman–Crippen LogP) is 3.22. The van der Waals surface area contributed by atoms with Crippen molar-refractivity contribution in [1.82, 2.24) is 4.98 Å². The number of para-hydroxylation sites is 2. The van der Waals surface area contributed by atoms with E-state index < -0.39 is 4.92 Å². The summed E-state index contributed by atoms with van der Waals surface area (Å²) in [5.41, 5.74) is 1.57. The molecule has 120 valence electrons. The summed E-state index contributed by atoms with van der Waals surface area (Å²) in [5, 5.41) is 14.4. The van der Waals surface area contributed by atoms with Crippen LogP contribution < -0.4 is 10.2 Å². The number of ether oxygens (including phenoxy) is 1. The lowest BCUT2D eigenvalue weighted by Crippen LogP contribution is -2.36. The first-order valence-corrected chi connectivity index (χ1v) is 7.52. The van der Waals surface area contributed by atoms with Gasteiger partial charge < -0.3 is 15.0 Å². The van der Waals surface area contributed by atoms with Crippen molar-refractivity contribution < 1.29 is 9.66 Å². The summed E-state index contributed by atoms with van der Waals surface area (Å²) in [6.07, 6.45) is 0. The maximum atomic E-state index is 11.2. The van der Waals surface area contributed by atoms with Crippen LogP contribution in [0.2, 0.25) is 5.15 Å². The second kappa shape index (κ2) is 6.80. The molecule has 0 amide bonds. The molecular formula is C15H15ClN4O3. The van der Waals surface area contributed by atoms with Gasteiger partial charge in [0.15, 0.2) is 0 Å². The van der Waals surface area contributed by atoms with Gasteiger partial charge in [-0.05, 0) is 18.2 Å². The molecule has 0 bridgehead atoms. The van der Waals surface area contributed by atoms with Gasteiger partial charge in [0, 0.05) is 19.2 Å². The third-order valence-electron chi connectivity index (χ3n) is 3.55. The molecule has 7 nitrogen and oxygen atoms in total. The minimum Gasteiger partial charge on any atom is -0.378 e. The number of pyridine rings is 1. The van der Waals surface area contributed by atoms with Crippen molar-refractivity contribution in [1.29, 1.82) is 0 Å². The van der Waals surface area contributed by atoms with Gasteiger partial charge in [-0.15, -0.1) is 0 Å². The van der Waals surface area contributed by atoms with Crippen LogP contribution in [0.3, 0.4) is 0 Å². The van der Waals surface area contributed by atoms with E-state index in [9.17, 15) is 10.1 Å². The Morgan fingerprint density at radius 2 is 1.96 bits per heavy atom. The van der Waals surface area contributed by atoms with Crippen LogP contribution in [0.4, 0.5) is 22.9 Å². The second-order valence-corrected chi connectivity index (χ2v) is 5.39. The number of morpholine rings is 1. The minimum atomic E-state index is -0.483. The molecule has 1 aromatic carbocycles. The third-order valence-corrected chi connectivity index (χ3v) is 3.76. The van der Waals surface area contributed by atoms with Gasteiger partial charge in [-0.25, -0.2) is 4.98 Å². The summed E-state index contributed by atoms with van der Waals surface area (Å²) in [6, 6.07) is 10.4. The normalized spacial score (nSPS) is 14.6. The van der Waals surface area contributed by atoms with E-state index >= 15 is 0 Å². The van der Waals surface area contributed by atoms with Crippen LogP contribution in [0.1, 0.15) is 0 Å². The number of nitro groups is 1. The highest BCUT2D eigenvalue weighted by Gasteiger charge is 2.19. The van der Waals surface area contributed by atoms with Gasteiger partial charge in [0.05, 0.1) is 29.5 Å². The molecule has 0 unspecified atom stereocenters. The van der Waals surface area contributed by atoms with Crippen molar-refractivity contribution in [2.75, 3.05) is 36.5 Å². The number of aromatic nitrogens is 1. The maximum absolute atomic E-state index is 11.2. The standard InChI is InChI=1S/C15H15ClN4O3/c16-14-6-5-13(20(21)22)15(18-14)17-11-3-1-2-4-12(11)19-7-9-23-10-8-19/h1-6H,7-10H2,(H,17,18). The largest absolute Gasteiger partial charge is 0.378 e. The molecule has 1 aliphatic heterocycles. The van der Waals surface area contributed by atoms with Crippen LogP contribution in [-0.2, 0) is 4.74 Å². The molecule has 1 saturated heterocycles. The fraction of sp³-hybridized carbons (Fsp3) is 0.267. The number of rotatable bonds is 4. The number of hydrogen-bond acceptors (Lipinski definition) is 6. The van der Waals surface area contributed by atoms with Crippen LogP contribution in [-0.4, -0.2) is 36.2 Å². The smallest absolute Gasteiger partial charge is 0.311 e. The molecule has 1 fully saturated rings. The van der Waals surface area contributed by atoms with Gasteiger partial charge in [-0.3, -0.25) is 10.1 Å². The summed E-state index contributed by atoms with van der Waals surface area (Å²) >= 11 is 5.88. The third kappa shape index (κ3) is 3.52. The summed E-state index contributed by atoms with van der Waals surface area (Å²) < 4.78 is 5.36. The lowest BCUT2D eigenvalue weighted by Gasteiger charge is -2.30. The van der Waals surface area contributed by atoms with Crippen molar-refractivity contribution in [3.05, 3.63) is 51.7 Å². The molecule has 3 rings (SSSR count). The van der Waals surface area contributed by atoms with Gasteiger partial charge in [-0.1, -0.05) is 23.7 Å². The Labute approximate surface area is 138 Å². The summed E-state index contributed by atoms with van der Waals surface area (Å²) in [4.78, 5) is 16.9. The predicted molar refractivity (Wildman–Crippen MR) is 88.7 cm³/mol. The molecule has 8 heteroatoms. The highest BCUT2D eigenvalue weighted by atomic mass is 35.5. The molecule has 0 radical (unpaired) electrons. The minimum absolute atomic E-state index is 0.119. The van der Waals surface area contributed by atoms with E-state index in [0.29, 0.717) is 13.2 Å². The zero-order valence-corrected chi connectivity index (χ0v) is 13.0. The summed E-state index contributed by atoms with van der Waals surface area (Å²) in [6.45, 7) is 2.85. The number of hydrogen-bond donors (Lipinski definition) is 1. The van der Waals surface area contributed by atoms with Gasteiger partial charge in [-0.2, -0.15) is 0 Å². The zero-order valence-electron chi connectivity index (χ0n) is 12.2. The molecule has 1 N–H and O–H groups in total. The van der Waals surface area contributed by atoms with Gasteiger partial charge in [0.25, 0.3) is 0 Å². The Kier molecular flexibility index (Phi) is 4.59. The van der Waals surface area contributed by atoms with Gasteiger partial charge in [0.2, 0.25) is 5.82 Å². The monoisotopic (exact) mass is 334 g/mol. The van der Waals surface area contributed by atoms with Crippen LogP contribution in [0.25, 0.3) is 0 Å². The van der Waals surface area contributed by atoms with Crippen molar-refractivity contribution in [3.63, 3.8) is 0 Å². The molecule has 1 aliphatic rings. The Morgan fingerprint density at radius 1 is 1.22 bits per heavy atom. The van der Waals surface area contributed by atoms with Crippen molar-refractivity contribution >= 4 is 34.5 Å². The molecule has 1 aromatic heterocycles. The van der Waals surface area contributed by atoms with E-state index in [0.717, 1.165) is 24.5 Å². The Hall–Kier alpha value is -2.38. The SMILES string of the molecule is O=[N+]([O-])c1ccc(Cl)nc1Nc1ccccc1N1CCOCC1. The lowest BCUT2D eigenvalue weighted by atomic mass is 10.2. The number of nitrogens with one attached hydrogen (secondary N) is 1. The van der Waals surface area contributed by atoms with Crippen molar-refractivity contribution in [2.45, 2.75) is 0 Å². The molecule has 0 spiro atoms. The van der Waals surface area contributed by atoms with E-state index in [2.05, 4.69) is 15.2 Å². The first-order chi connectivity index (χ1) is 11.1. The number of anilines is 3. The topological polar surface area (TPSA) is 80.5 Å². The summed E-state index contributed by atoms with van der Waals surface area (Å²) in [7, 11) is 0. The Balaban J connectivity index is 1.94. The number of halogens is 1. The van der Waals surface area contributed by atoms with Gasteiger partial charge in [0.1, 0.15) is 5.15 Å². The molecule has 2 aromatic rings. The number of nitrogens with zero attached hydrogens (tertiary/aromatic N) is 3. The van der Waals surface area contributed by atoms with Crippen LogP contribution in [0, 0.1) is 10.1 Å². The molecule has 23 heavy (non-hydrogen) atoms. The van der Waals surface area contributed by atoms with Crippen LogP contribution in [0.5, 0.6) is 0 Å². The van der Waals surface area contributed by atoms with E-state index in [4.69, 9.17) is 16.3 Å². The average molecular weight is 335 g/mol. The molecule has 0 aliphatic carbocycles. The average Bonchev–Trinajstić information content (AvgIpc) is 2.56. The van der Waals surface area contributed by atoms with E-state index in [1.807, 2.05) is 24.3 Å². The van der Waals surface area contributed by atoms with Crippen LogP contribution in [0.15, 0.2) is 36.4 Å². The zero-order chi connectivity index (χ0) is 16.2. The fourth-order valence-corrected chi connectivity index (χ4v) is 2.60. The highest BCUT2D eigenvalue weighted by molar-refractivity contribution is 6.29. The lowest BCUT2D eigenvalue weighted by molar-refractivity contribution is -0.384. The Morgan fingerprint density at radius 3 is 2.70 bits per heavy atom. The van der Waals surface area contributed by atoms with Crippen molar-refractivity contribution in [2.24, 2.45) is 0 Å². The van der Waals surface area contributed by atoms with Crippen LogP contribution >= 0.6 is 11.6 Å². The first-order valence-electron chi connectivity index (χ1n) is 7.15. The molecule has 2 heterocycles. The first kappa shape index (κ1) is 15.5. The number of benzene rings is 1. The molecular weight excluding hydrogens is 320 g/mol. The quantitative estimate of drug-likeness (QED) is 0.525. The van der Waals surface area contributed by atoms with E-state index in [-0.39, 0.29) is 16.7 Å². The summed E-state index contributed by atoms with van der Waals surface area (Å²) in [5.74, 6) is 0.128. The highest BCUT2D eigenvalue weighted by Crippen LogP contribution is 2.32. The maximum Gasteiger partial charge on any atom is 0.311 e. The second-order valence-electron chi connectivity index (χ2n) is 5.00. The molecule has 0 atom stereocenters. The molecule has 0 saturated carbocycles. The van der Waals surface area contributed by atoms with Gasteiger partial charge >= 0.3 is 5.69 Å². The van der Waals surface area contributed by atoms with E-state index in [1.165, 1.54) is 12.1 Å². The fourth-order valence-electron chi connectivity index (χ4n) is 2.45. The van der Waals surface area contributed by atoms with E-state index in [1.54, 1.807) is 0 Å². The Bertz CT molecular complexity index is 720.